The molecule has 14 heavy (non-hydrogen) atoms. The molecule has 0 radical (unpaired) electrons. The number of aryl methyl sites for hydroxylation is 2. The van der Waals surface area contributed by atoms with E-state index < -0.39 is 0 Å². The van der Waals surface area contributed by atoms with E-state index in [9.17, 15) is 0 Å². The highest BCUT2D eigenvalue weighted by molar-refractivity contribution is 5.13. The number of hydrogen-bond donors (Lipinski definition) is 1. The van der Waals surface area contributed by atoms with Gasteiger partial charge in [0.05, 0.1) is 11.4 Å². The second kappa shape index (κ2) is 4.60. The predicted molar refractivity (Wildman–Crippen MR) is 59.0 cm³/mol. The van der Waals surface area contributed by atoms with Gasteiger partial charge in [-0.25, -0.2) is 0 Å². The van der Waals surface area contributed by atoms with Crippen LogP contribution in [0.2, 0.25) is 0 Å². The topological polar surface area (TPSA) is 43.8 Å². The minimum Gasteiger partial charge on any atom is -0.322 e. The Morgan fingerprint density at radius 1 is 1.50 bits per heavy atom. The molecule has 1 aromatic rings. The lowest BCUT2D eigenvalue weighted by Crippen LogP contribution is -2.22. The molecule has 0 aliphatic rings. The Labute approximate surface area is 86.3 Å². The van der Waals surface area contributed by atoms with Crippen molar-refractivity contribution in [3.63, 3.8) is 0 Å². The van der Waals surface area contributed by atoms with E-state index in [0.717, 1.165) is 18.7 Å². The maximum atomic E-state index is 6.18. The first kappa shape index (κ1) is 11.2. The third-order valence-corrected chi connectivity index (χ3v) is 2.83. The van der Waals surface area contributed by atoms with Crippen LogP contribution in [0.3, 0.4) is 0 Å². The Kier molecular flexibility index (Phi) is 3.69. The van der Waals surface area contributed by atoms with Crippen molar-refractivity contribution < 1.29 is 0 Å². The molecule has 0 saturated heterocycles. The smallest absolute Gasteiger partial charge is 0.0597 e. The first-order valence-electron chi connectivity index (χ1n) is 5.40. The van der Waals surface area contributed by atoms with Crippen molar-refractivity contribution in [2.24, 2.45) is 11.7 Å². The molecular formula is C11H21N3. The molecule has 0 aromatic carbocycles. The Morgan fingerprint density at radius 2 is 2.14 bits per heavy atom. The van der Waals surface area contributed by atoms with E-state index >= 15 is 0 Å². The molecule has 1 aromatic heterocycles. The fraction of sp³-hybridized carbons (Fsp3) is 0.727. The molecule has 2 N–H and O–H groups in total. The predicted octanol–water partition coefficient (Wildman–Crippen LogP) is 2.26. The van der Waals surface area contributed by atoms with E-state index in [-0.39, 0.29) is 6.04 Å². The lowest BCUT2D eigenvalue weighted by Gasteiger charge is -2.19. The molecule has 0 fully saturated rings. The average molecular weight is 195 g/mol. The van der Waals surface area contributed by atoms with Crippen LogP contribution in [0.1, 0.15) is 44.6 Å². The van der Waals surface area contributed by atoms with Crippen LogP contribution in [-0.4, -0.2) is 9.78 Å². The molecule has 0 saturated carbocycles. The van der Waals surface area contributed by atoms with E-state index in [1.807, 2.05) is 11.6 Å². The lowest BCUT2D eigenvalue weighted by atomic mass is 9.97. The summed E-state index contributed by atoms with van der Waals surface area (Å²) in [5.41, 5.74) is 8.40. The number of aromatic nitrogens is 2. The fourth-order valence-corrected chi connectivity index (χ4v) is 1.63. The van der Waals surface area contributed by atoms with Gasteiger partial charge >= 0.3 is 0 Å². The van der Waals surface area contributed by atoms with Gasteiger partial charge in [-0.1, -0.05) is 20.3 Å². The van der Waals surface area contributed by atoms with Crippen molar-refractivity contribution in [3.8, 4) is 0 Å². The molecule has 80 valence electrons. The molecule has 3 heteroatoms. The van der Waals surface area contributed by atoms with Gasteiger partial charge in [0.2, 0.25) is 0 Å². The first-order chi connectivity index (χ1) is 6.60. The Bertz CT molecular complexity index is 291. The minimum atomic E-state index is 0.112. The second-order valence-corrected chi connectivity index (χ2v) is 3.94. The Morgan fingerprint density at radius 3 is 2.64 bits per heavy atom. The highest BCUT2D eigenvalue weighted by Gasteiger charge is 2.17. The summed E-state index contributed by atoms with van der Waals surface area (Å²) in [6.07, 6.45) is 1.11. The highest BCUT2D eigenvalue weighted by atomic mass is 15.3. The van der Waals surface area contributed by atoms with Gasteiger partial charge in [0.1, 0.15) is 0 Å². The molecule has 0 spiro atoms. The van der Waals surface area contributed by atoms with Crippen molar-refractivity contribution in [3.05, 3.63) is 17.5 Å². The molecule has 1 heterocycles. The molecular weight excluding hydrogens is 174 g/mol. The molecule has 1 rings (SSSR count). The van der Waals surface area contributed by atoms with Gasteiger partial charge in [0, 0.05) is 12.6 Å². The SMILES string of the molecule is CCC(C)C(N)c1cc(C)nn1CC. The molecule has 3 nitrogen and oxygen atoms in total. The maximum absolute atomic E-state index is 6.18. The van der Waals surface area contributed by atoms with Crippen LogP contribution >= 0.6 is 0 Å². The Hall–Kier alpha value is -0.830. The molecule has 0 aliphatic heterocycles. The van der Waals surface area contributed by atoms with Crippen molar-refractivity contribution in [2.75, 3.05) is 0 Å². The zero-order chi connectivity index (χ0) is 10.7. The Balaban J connectivity index is 2.93. The van der Waals surface area contributed by atoms with Crippen LogP contribution in [0.4, 0.5) is 0 Å². The van der Waals surface area contributed by atoms with Crippen LogP contribution in [0.25, 0.3) is 0 Å². The number of rotatable bonds is 4. The van der Waals surface area contributed by atoms with Gasteiger partial charge in [-0.3, -0.25) is 4.68 Å². The standard InChI is InChI=1S/C11H21N3/c1-5-8(3)11(12)10-7-9(4)13-14(10)6-2/h7-8,11H,5-6,12H2,1-4H3. The van der Waals surface area contributed by atoms with Gasteiger partial charge in [-0.05, 0) is 25.8 Å². The average Bonchev–Trinajstić information content (AvgIpc) is 2.57. The largest absolute Gasteiger partial charge is 0.322 e. The molecule has 2 unspecified atom stereocenters. The van der Waals surface area contributed by atoms with Gasteiger partial charge < -0.3 is 5.73 Å². The minimum absolute atomic E-state index is 0.112. The molecule has 0 bridgehead atoms. The summed E-state index contributed by atoms with van der Waals surface area (Å²) in [4.78, 5) is 0. The van der Waals surface area contributed by atoms with Gasteiger partial charge in [0.15, 0.2) is 0 Å². The zero-order valence-corrected chi connectivity index (χ0v) is 9.62. The summed E-state index contributed by atoms with van der Waals surface area (Å²) in [7, 11) is 0. The molecule has 0 aliphatic carbocycles. The quantitative estimate of drug-likeness (QED) is 0.801. The van der Waals surface area contributed by atoms with Crippen molar-refractivity contribution >= 4 is 0 Å². The number of nitrogens with two attached hydrogens (primary N) is 1. The van der Waals surface area contributed by atoms with Crippen molar-refractivity contribution in [1.82, 2.24) is 9.78 Å². The van der Waals surface area contributed by atoms with E-state index in [0.29, 0.717) is 5.92 Å². The van der Waals surface area contributed by atoms with Crippen molar-refractivity contribution in [2.45, 2.75) is 46.7 Å². The van der Waals surface area contributed by atoms with E-state index in [1.165, 1.54) is 5.69 Å². The highest BCUT2D eigenvalue weighted by Crippen LogP contribution is 2.22. The number of nitrogens with zero attached hydrogens (tertiary/aromatic N) is 2. The van der Waals surface area contributed by atoms with Crippen molar-refractivity contribution in [1.29, 1.82) is 0 Å². The van der Waals surface area contributed by atoms with E-state index in [4.69, 9.17) is 5.73 Å². The summed E-state index contributed by atoms with van der Waals surface area (Å²) in [5.74, 6) is 0.511. The van der Waals surface area contributed by atoms with Crippen LogP contribution in [0.15, 0.2) is 6.07 Å². The van der Waals surface area contributed by atoms with E-state index in [2.05, 4.69) is 31.9 Å². The van der Waals surface area contributed by atoms with Crippen LogP contribution < -0.4 is 5.73 Å². The summed E-state index contributed by atoms with van der Waals surface area (Å²) in [6.45, 7) is 9.36. The van der Waals surface area contributed by atoms with Crippen LogP contribution in [-0.2, 0) is 6.54 Å². The zero-order valence-electron chi connectivity index (χ0n) is 9.62. The molecule has 2 atom stereocenters. The summed E-state index contributed by atoms with van der Waals surface area (Å²) in [6, 6.07) is 2.21. The summed E-state index contributed by atoms with van der Waals surface area (Å²) in [5, 5.41) is 4.40. The normalized spacial score (nSPS) is 15.5. The van der Waals surface area contributed by atoms with E-state index in [1.54, 1.807) is 0 Å². The van der Waals surface area contributed by atoms with Gasteiger partial charge in [-0.2, -0.15) is 5.10 Å². The van der Waals surface area contributed by atoms with Crippen LogP contribution in [0, 0.1) is 12.8 Å². The summed E-state index contributed by atoms with van der Waals surface area (Å²) >= 11 is 0. The number of hydrogen-bond acceptors (Lipinski definition) is 2. The first-order valence-corrected chi connectivity index (χ1v) is 5.40. The van der Waals surface area contributed by atoms with Gasteiger partial charge in [0.25, 0.3) is 0 Å². The maximum Gasteiger partial charge on any atom is 0.0597 e. The second-order valence-electron chi connectivity index (χ2n) is 3.94. The third-order valence-electron chi connectivity index (χ3n) is 2.83. The lowest BCUT2D eigenvalue weighted by molar-refractivity contribution is 0.425. The molecule has 0 amide bonds. The van der Waals surface area contributed by atoms with Crippen LogP contribution in [0.5, 0.6) is 0 Å². The van der Waals surface area contributed by atoms with Gasteiger partial charge in [-0.15, -0.1) is 0 Å². The fourth-order valence-electron chi connectivity index (χ4n) is 1.63. The summed E-state index contributed by atoms with van der Waals surface area (Å²) < 4.78 is 2.01. The monoisotopic (exact) mass is 195 g/mol. The third kappa shape index (κ3) is 2.15.